The van der Waals surface area contributed by atoms with E-state index in [4.69, 9.17) is 10.00 Å². The molecule has 0 aliphatic carbocycles. The molecule has 3 nitrogen and oxygen atoms in total. The zero-order valence-electron chi connectivity index (χ0n) is 10.1. The Morgan fingerprint density at radius 1 is 1.53 bits per heavy atom. The van der Waals surface area contributed by atoms with Gasteiger partial charge in [-0.1, -0.05) is 19.1 Å². The van der Waals surface area contributed by atoms with Crippen LogP contribution in [0.4, 0.5) is 0 Å². The second kappa shape index (κ2) is 4.21. The highest BCUT2D eigenvalue weighted by Gasteiger charge is 2.40. The number of nitrogens with zero attached hydrogens (tertiary/aromatic N) is 1. The molecule has 1 aromatic rings. The molecule has 2 unspecified atom stereocenters. The van der Waals surface area contributed by atoms with Crippen LogP contribution in [0.3, 0.4) is 0 Å². The van der Waals surface area contributed by atoms with Crippen LogP contribution in [0.5, 0.6) is 0 Å². The van der Waals surface area contributed by atoms with E-state index in [2.05, 4.69) is 13.0 Å². The van der Waals surface area contributed by atoms with Gasteiger partial charge in [-0.2, -0.15) is 5.26 Å². The first-order chi connectivity index (χ1) is 8.06. The van der Waals surface area contributed by atoms with Crippen LogP contribution in [0.25, 0.3) is 0 Å². The van der Waals surface area contributed by atoms with E-state index >= 15 is 0 Å². The number of carbonyl (C=O) groups excluding carboxylic acids is 1. The lowest BCUT2D eigenvalue weighted by Crippen LogP contribution is -2.40. The molecule has 1 fully saturated rings. The van der Waals surface area contributed by atoms with Crippen molar-refractivity contribution in [3.05, 3.63) is 35.4 Å². The molecule has 1 saturated heterocycles. The van der Waals surface area contributed by atoms with Gasteiger partial charge >= 0.3 is 5.97 Å². The second-order valence-electron chi connectivity index (χ2n) is 4.71. The Hall–Kier alpha value is -1.82. The van der Waals surface area contributed by atoms with Crippen LogP contribution in [0, 0.1) is 17.2 Å². The summed E-state index contributed by atoms with van der Waals surface area (Å²) >= 11 is 0. The number of ether oxygens (including phenoxy) is 1. The Bertz CT molecular complexity index is 489. The molecule has 0 saturated carbocycles. The SMILES string of the molecule is CC1CCC(=O)OC1(C)c1cccc(C#N)c1. The van der Waals surface area contributed by atoms with E-state index in [9.17, 15) is 4.79 Å². The first kappa shape index (κ1) is 11.7. The average molecular weight is 229 g/mol. The molecule has 0 spiro atoms. The Balaban J connectivity index is 2.42. The lowest BCUT2D eigenvalue weighted by molar-refractivity contribution is -0.174. The molecule has 0 aromatic heterocycles. The van der Waals surface area contributed by atoms with E-state index in [1.54, 1.807) is 12.1 Å². The van der Waals surface area contributed by atoms with Gasteiger partial charge in [0.1, 0.15) is 5.60 Å². The summed E-state index contributed by atoms with van der Waals surface area (Å²) in [6.45, 7) is 4.00. The summed E-state index contributed by atoms with van der Waals surface area (Å²) in [5.41, 5.74) is 0.886. The van der Waals surface area contributed by atoms with Gasteiger partial charge < -0.3 is 4.74 Å². The molecule has 1 aromatic carbocycles. The highest BCUT2D eigenvalue weighted by Crippen LogP contribution is 2.39. The van der Waals surface area contributed by atoms with E-state index in [1.165, 1.54) is 0 Å². The molecular weight excluding hydrogens is 214 g/mol. The van der Waals surface area contributed by atoms with Gasteiger partial charge in [-0.15, -0.1) is 0 Å². The smallest absolute Gasteiger partial charge is 0.306 e. The Morgan fingerprint density at radius 2 is 2.29 bits per heavy atom. The average Bonchev–Trinajstić information content (AvgIpc) is 2.34. The van der Waals surface area contributed by atoms with E-state index in [-0.39, 0.29) is 11.9 Å². The zero-order valence-corrected chi connectivity index (χ0v) is 10.1. The number of benzene rings is 1. The molecule has 0 radical (unpaired) electrons. The minimum absolute atomic E-state index is 0.159. The molecule has 3 heteroatoms. The summed E-state index contributed by atoms with van der Waals surface area (Å²) in [7, 11) is 0. The Morgan fingerprint density at radius 3 is 3.00 bits per heavy atom. The number of carbonyl (C=O) groups is 1. The molecule has 88 valence electrons. The van der Waals surface area contributed by atoms with E-state index in [1.807, 2.05) is 19.1 Å². The fourth-order valence-corrected chi connectivity index (χ4v) is 2.24. The van der Waals surface area contributed by atoms with Gasteiger partial charge in [-0.25, -0.2) is 0 Å². The fourth-order valence-electron chi connectivity index (χ4n) is 2.24. The third-order valence-corrected chi connectivity index (χ3v) is 3.61. The zero-order chi connectivity index (χ0) is 12.5. The molecule has 2 atom stereocenters. The van der Waals surface area contributed by atoms with Crippen LogP contribution in [0.1, 0.15) is 37.8 Å². The van der Waals surface area contributed by atoms with E-state index in [0.29, 0.717) is 12.0 Å². The highest BCUT2D eigenvalue weighted by atomic mass is 16.6. The monoisotopic (exact) mass is 229 g/mol. The maximum atomic E-state index is 11.5. The van der Waals surface area contributed by atoms with Crippen molar-refractivity contribution in [2.45, 2.75) is 32.3 Å². The first-order valence-electron chi connectivity index (χ1n) is 5.79. The van der Waals surface area contributed by atoms with Crippen LogP contribution >= 0.6 is 0 Å². The van der Waals surface area contributed by atoms with E-state index in [0.717, 1.165) is 12.0 Å². The van der Waals surface area contributed by atoms with Crippen LogP contribution < -0.4 is 0 Å². The van der Waals surface area contributed by atoms with Crippen molar-refractivity contribution in [3.63, 3.8) is 0 Å². The third kappa shape index (κ3) is 2.03. The normalized spacial score (nSPS) is 28.3. The Labute approximate surface area is 101 Å². The Kier molecular flexibility index (Phi) is 2.89. The predicted molar refractivity (Wildman–Crippen MR) is 63.0 cm³/mol. The minimum Gasteiger partial charge on any atom is -0.454 e. The van der Waals surface area contributed by atoms with Gasteiger partial charge in [0.2, 0.25) is 0 Å². The van der Waals surface area contributed by atoms with Crippen LogP contribution in [0.2, 0.25) is 0 Å². The first-order valence-corrected chi connectivity index (χ1v) is 5.79. The molecule has 1 aliphatic rings. The molecular formula is C14H15NO2. The predicted octanol–water partition coefficient (Wildman–Crippen LogP) is 2.75. The number of cyclic esters (lactones) is 1. The van der Waals surface area contributed by atoms with Gasteiger partial charge in [-0.3, -0.25) is 4.79 Å². The summed E-state index contributed by atoms with van der Waals surface area (Å²) in [4.78, 5) is 11.5. The largest absolute Gasteiger partial charge is 0.454 e. The lowest BCUT2D eigenvalue weighted by atomic mass is 9.79. The molecule has 0 amide bonds. The van der Waals surface area contributed by atoms with Gasteiger partial charge in [0.25, 0.3) is 0 Å². The molecule has 1 heterocycles. The number of nitriles is 1. The molecule has 0 N–H and O–H groups in total. The summed E-state index contributed by atoms with van der Waals surface area (Å²) in [6.07, 6.45) is 1.31. The number of rotatable bonds is 1. The third-order valence-electron chi connectivity index (χ3n) is 3.61. The van der Waals surface area contributed by atoms with Crippen molar-refractivity contribution in [1.29, 1.82) is 5.26 Å². The van der Waals surface area contributed by atoms with Crippen molar-refractivity contribution < 1.29 is 9.53 Å². The van der Waals surface area contributed by atoms with Crippen LogP contribution in [-0.4, -0.2) is 5.97 Å². The van der Waals surface area contributed by atoms with Gasteiger partial charge in [0, 0.05) is 12.3 Å². The number of hydrogen-bond donors (Lipinski definition) is 0. The molecule has 2 rings (SSSR count). The lowest BCUT2D eigenvalue weighted by Gasteiger charge is -2.39. The number of hydrogen-bond acceptors (Lipinski definition) is 3. The van der Waals surface area contributed by atoms with Crippen LogP contribution in [0.15, 0.2) is 24.3 Å². The molecule has 0 bridgehead atoms. The summed E-state index contributed by atoms with van der Waals surface area (Å²) < 4.78 is 5.52. The maximum absolute atomic E-state index is 11.5. The van der Waals surface area contributed by atoms with Crippen LogP contribution in [-0.2, 0) is 15.1 Å². The van der Waals surface area contributed by atoms with Crippen molar-refractivity contribution >= 4 is 5.97 Å². The van der Waals surface area contributed by atoms with Gasteiger partial charge in [0.05, 0.1) is 11.6 Å². The van der Waals surface area contributed by atoms with E-state index < -0.39 is 5.60 Å². The van der Waals surface area contributed by atoms with Crippen molar-refractivity contribution in [2.24, 2.45) is 5.92 Å². The van der Waals surface area contributed by atoms with Crippen molar-refractivity contribution in [3.8, 4) is 6.07 Å². The summed E-state index contributed by atoms with van der Waals surface area (Å²) in [5.74, 6) is 0.0992. The minimum atomic E-state index is -0.609. The van der Waals surface area contributed by atoms with Crippen molar-refractivity contribution in [1.82, 2.24) is 0 Å². The maximum Gasteiger partial charge on any atom is 0.306 e. The summed E-state index contributed by atoms with van der Waals surface area (Å²) in [5, 5.41) is 8.90. The van der Waals surface area contributed by atoms with Gasteiger partial charge in [0.15, 0.2) is 0 Å². The summed E-state index contributed by atoms with van der Waals surface area (Å²) in [6, 6.07) is 9.40. The standard InChI is InChI=1S/C14H15NO2/c1-10-6-7-13(16)17-14(10,2)12-5-3-4-11(8-12)9-15/h3-5,8,10H,6-7H2,1-2H3. The number of esters is 1. The van der Waals surface area contributed by atoms with Crippen molar-refractivity contribution in [2.75, 3.05) is 0 Å². The highest BCUT2D eigenvalue weighted by molar-refractivity contribution is 5.71. The fraction of sp³-hybridized carbons (Fsp3) is 0.429. The molecule has 1 aliphatic heterocycles. The quantitative estimate of drug-likeness (QED) is 0.696. The topological polar surface area (TPSA) is 50.1 Å². The van der Waals surface area contributed by atoms with Gasteiger partial charge in [-0.05, 0) is 31.0 Å². The molecule has 17 heavy (non-hydrogen) atoms. The second-order valence-corrected chi connectivity index (χ2v) is 4.71.